The average molecular weight is 535 g/mol. The fourth-order valence-electron chi connectivity index (χ4n) is 9.20. The predicted octanol–water partition coefficient (Wildman–Crippen LogP) is 8.21. The highest BCUT2D eigenvalue weighted by molar-refractivity contribution is 6.08. The second-order valence-electron chi connectivity index (χ2n) is 14.7. The number of hydrogen-bond donors (Lipinski definition) is 0. The van der Waals surface area contributed by atoms with E-state index in [1.807, 2.05) is 6.92 Å². The minimum Gasteiger partial charge on any atom is -0.431 e. The molecule has 0 N–H and O–H groups in total. The summed E-state index contributed by atoms with van der Waals surface area (Å²) < 4.78 is 10.5. The van der Waals surface area contributed by atoms with Crippen molar-refractivity contribution in [2.45, 2.75) is 113 Å². The lowest BCUT2D eigenvalue weighted by molar-refractivity contribution is -0.167. The van der Waals surface area contributed by atoms with E-state index in [9.17, 15) is 14.4 Å². The Balaban J connectivity index is 1.56. The lowest BCUT2D eigenvalue weighted by atomic mass is 9.34. The van der Waals surface area contributed by atoms with Crippen LogP contribution in [0.15, 0.2) is 46.3 Å². The van der Waals surface area contributed by atoms with Crippen LogP contribution in [0.3, 0.4) is 0 Å². The van der Waals surface area contributed by atoms with Crippen molar-refractivity contribution in [2.75, 3.05) is 0 Å². The van der Waals surface area contributed by atoms with E-state index < -0.39 is 6.16 Å². The first-order valence-electron chi connectivity index (χ1n) is 14.8. The van der Waals surface area contributed by atoms with Gasteiger partial charge in [-0.3, -0.25) is 9.59 Å². The maximum absolute atomic E-state index is 13.3. The van der Waals surface area contributed by atoms with Gasteiger partial charge in [0, 0.05) is 16.4 Å². The van der Waals surface area contributed by atoms with Crippen LogP contribution in [0.25, 0.3) is 0 Å². The molecule has 212 valence electrons. The molecule has 0 unspecified atom stereocenters. The standard InChI is InChI=1S/C34H46O5/c1-20(2)38-29(37)39-28-21(3)23-10-11-26-32(7,24(23)18-25(28)36)15-17-34(9)27-19-31(6,22(4)35)13-12-30(27,5)14-16-33(26,34)8/h10-11,18,20,27H,12-17,19H2,1-9H3/t27-,30-,31-,32+,33-,34+/m1/s1. The van der Waals surface area contributed by atoms with Crippen molar-refractivity contribution < 1.29 is 23.9 Å². The van der Waals surface area contributed by atoms with Crippen molar-refractivity contribution in [1.82, 2.24) is 0 Å². The van der Waals surface area contributed by atoms with E-state index in [2.05, 4.69) is 46.8 Å². The van der Waals surface area contributed by atoms with E-state index in [4.69, 9.17) is 9.47 Å². The van der Waals surface area contributed by atoms with E-state index in [0.29, 0.717) is 17.3 Å². The van der Waals surface area contributed by atoms with Crippen LogP contribution in [0.1, 0.15) is 107 Å². The monoisotopic (exact) mass is 534 g/mol. The van der Waals surface area contributed by atoms with Gasteiger partial charge in [-0.2, -0.15) is 0 Å². The van der Waals surface area contributed by atoms with Gasteiger partial charge in [0.25, 0.3) is 0 Å². The minimum atomic E-state index is -0.848. The highest BCUT2D eigenvalue weighted by Gasteiger charge is 2.67. The third kappa shape index (κ3) is 3.89. The fraction of sp³-hybridized carbons (Fsp3) is 0.676. The largest absolute Gasteiger partial charge is 0.514 e. The van der Waals surface area contributed by atoms with Crippen LogP contribution < -0.4 is 0 Å². The molecule has 5 heteroatoms. The number of fused-ring (bicyclic) bond motifs is 7. The summed E-state index contributed by atoms with van der Waals surface area (Å²) in [5.74, 6) is 0.580. The van der Waals surface area contributed by atoms with Gasteiger partial charge in [-0.1, -0.05) is 52.3 Å². The van der Waals surface area contributed by atoms with Gasteiger partial charge in [-0.05, 0) is 112 Å². The maximum Gasteiger partial charge on any atom is 0.514 e. The molecule has 5 aliphatic carbocycles. The summed E-state index contributed by atoms with van der Waals surface area (Å²) in [7, 11) is 0. The van der Waals surface area contributed by atoms with E-state index in [1.54, 1.807) is 26.8 Å². The summed E-state index contributed by atoms with van der Waals surface area (Å²) in [5.41, 5.74) is 3.88. The summed E-state index contributed by atoms with van der Waals surface area (Å²) >= 11 is 0. The molecule has 0 bridgehead atoms. The third-order valence-electron chi connectivity index (χ3n) is 12.2. The van der Waals surface area contributed by atoms with Gasteiger partial charge >= 0.3 is 6.16 Å². The van der Waals surface area contributed by atoms with Crippen molar-refractivity contribution in [3.63, 3.8) is 0 Å². The lowest BCUT2D eigenvalue weighted by Gasteiger charge is -2.70. The quantitative estimate of drug-likeness (QED) is 0.341. The Morgan fingerprint density at radius 2 is 1.62 bits per heavy atom. The van der Waals surface area contributed by atoms with E-state index in [-0.39, 0.29) is 44.7 Å². The third-order valence-corrected chi connectivity index (χ3v) is 12.2. The van der Waals surface area contributed by atoms with Crippen LogP contribution in [0.4, 0.5) is 4.79 Å². The number of carbonyl (C=O) groups is 3. The topological polar surface area (TPSA) is 69.7 Å². The SMILES string of the molecule is CC(=O)[C@]1(C)CC[C@]2(C)CC[C@]3(C)C4=CC=C5C(=CC(=O)C(OC(=O)OC(C)C)=C5C)[C@]4(C)CC[C@@]3(C)[C@@H]2C1. The van der Waals surface area contributed by atoms with Gasteiger partial charge in [0.1, 0.15) is 5.78 Å². The summed E-state index contributed by atoms with van der Waals surface area (Å²) in [6, 6.07) is 0. The number of ether oxygens (including phenoxy) is 2. The highest BCUT2D eigenvalue weighted by atomic mass is 16.7. The molecule has 6 atom stereocenters. The number of allylic oxidation sites excluding steroid dienone is 7. The summed E-state index contributed by atoms with van der Waals surface area (Å²) in [5, 5.41) is 0. The first-order chi connectivity index (χ1) is 18.0. The molecule has 0 heterocycles. The second-order valence-corrected chi connectivity index (χ2v) is 14.7. The second kappa shape index (κ2) is 8.78. The Morgan fingerprint density at radius 1 is 0.949 bits per heavy atom. The molecular weight excluding hydrogens is 488 g/mol. The maximum atomic E-state index is 13.3. The van der Waals surface area contributed by atoms with Crippen LogP contribution in [0.2, 0.25) is 0 Å². The summed E-state index contributed by atoms with van der Waals surface area (Å²) in [6.07, 6.45) is 12.3. The van der Waals surface area contributed by atoms with Crippen LogP contribution in [0, 0.1) is 33.0 Å². The van der Waals surface area contributed by atoms with Gasteiger partial charge in [-0.25, -0.2) is 4.79 Å². The first-order valence-corrected chi connectivity index (χ1v) is 14.8. The molecule has 5 nitrogen and oxygen atoms in total. The van der Waals surface area contributed by atoms with Crippen molar-refractivity contribution in [3.05, 3.63) is 46.3 Å². The molecule has 5 aliphatic rings. The van der Waals surface area contributed by atoms with Gasteiger partial charge < -0.3 is 9.47 Å². The molecule has 3 fully saturated rings. The molecule has 0 aromatic rings. The Bertz CT molecular complexity index is 1280. The molecular formula is C34H46O5. The van der Waals surface area contributed by atoms with Crippen LogP contribution in [0.5, 0.6) is 0 Å². The van der Waals surface area contributed by atoms with Crippen molar-refractivity contribution in [3.8, 4) is 0 Å². The van der Waals surface area contributed by atoms with Crippen molar-refractivity contribution >= 4 is 17.7 Å². The first kappa shape index (κ1) is 28.1. The molecule has 0 aromatic heterocycles. The molecule has 0 amide bonds. The molecule has 0 radical (unpaired) electrons. The van der Waals surface area contributed by atoms with Crippen LogP contribution >= 0.6 is 0 Å². The molecule has 5 rings (SSSR count). The van der Waals surface area contributed by atoms with Crippen LogP contribution in [-0.4, -0.2) is 23.8 Å². The fourth-order valence-corrected chi connectivity index (χ4v) is 9.20. The zero-order valence-electron chi connectivity index (χ0n) is 25.4. The zero-order chi connectivity index (χ0) is 28.8. The Labute approximate surface area is 234 Å². The molecule has 3 saturated carbocycles. The number of rotatable bonds is 3. The van der Waals surface area contributed by atoms with Crippen LogP contribution in [-0.2, 0) is 19.1 Å². The van der Waals surface area contributed by atoms with Gasteiger partial charge in [0.05, 0.1) is 6.10 Å². The minimum absolute atomic E-state index is 0.0411. The molecule has 0 spiro atoms. The summed E-state index contributed by atoms with van der Waals surface area (Å²) in [6.45, 7) is 19.1. The Kier molecular flexibility index (Phi) is 6.33. The van der Waals surface area contributed by atoms with Crippen molar-refractivity contribution in [1.29, 1.82) is 0 Å². The Hall–Kier alpha value is -2.43. The molecule has 39 heavy (non-hydrogen) atoms. The Morgan fingerprint density at radius 3 is 2.26 bits per heavy atom. The van der Waals surface area contributed by atoms with Gasteiger partial charge in [0.2, 0.25) is 5.78 Å². The smallest absolute Gasteiger partial charge is 0.431 e. The van der Waals surface area contributed by atoms with E-state index in [0.717, 1.165) is 56.1 Å². The number of carbonyl (C=O) groups excluding carboxylic acids is 3. The molecule has 0 aliphatic heterocycles. The van der Waals surface area contributed by atoms with E-state index in [1.165, 1.54) is 5.57 Å². The number of Topliss-reactive ketones (excluding diaryl/α,β-unsaturated/α-hetero) is 1. The zero-order valence-corrected chi connectivity index (χ0v) is 25.4. The number of hydrogen-bond acceptors (Lipinski definition) is 5. The average Bonchev–Trinajstić information content (AvgIpc) is 2.84. The predicted molar refractivity (Wildman–Crippen MR) is 152 cm³/mol. The highest BCUT2D eigenvalue weighted by Crippen LogP contribution is 2.75. The van der Waals surface area contributed by atoms with Gasteiger partial charge in [-0.15, -0.1) is 0 Å². The van der Waals surface area contributed by atoms with Crippen molar-refractivity contribution in [2.24, 2.45) is 33.0 Å². The number of ketones is 2. The normalized spacial score (nSPS) is 41.3. The lowest BCUT2D eigenvalue weighted by Crippen LogP contribution is -2.62. The summed E-state index contributed by atoms with van der Waals surface area (Å²) in [4.78, 5) is 38.4. The van der Waals surface area contributed by atoms with E-state index >= 15 is 0 Å². The molecule has 0 saturated heterocycles. The molecule has 0 aromatic carbocycles. The van der Waals surface area contributed by atoms with Gasteiger partial charge in [0.15, 0.2) is 5.76 Å².